The summed E-state index contributed by atoms with van der Waals surface area (Å²) in [6, 6.07) is 3.74. The smallest absolute Gasteiger partial charge is 0.244 e. The van der Waals surface area contributed by atoms with Crippen molar-refractivity contribution < 1.29 is 13.2 Å². The molecule has 0 aliphatic carbocycles. The predicted octanol–water partition coefficient (Wildman–Crippen LogP) is 1.94. The minimum absolute atomic E-state index is 0.260. The Labute approximate surface area is 163 Å². The zero-order valence-electron chi connectivity index (χ0n) is 15.6. The Morgan fingerprint density at radius 2 is 2.00 bits per heavy atom. The molecule has 146 valence electrons. The van der Waals surface area contributed by atoms with E-state index in [0.29, 0.717) is 37.9 Å². The molecule has 0 bridgehead atoms. The topological polar surface area (TPSA) is 89.7 Å². The molecule has 2 aliphatic rings. The van der Waals surface area contributed by atoms with Crippen LogP contribution in [0, 0.1) is 6.92 Å². The van der Waals surface area contributed by atoms with Crippen molar-refractivity contribution in [1.82, 2.24) is 23.9 Å². The van der Waals surface area contributed by atoms with E-state index in [9.17, 15) is 8.42 Å². The van der Waals surface area contributed by atoms with Gasteiger partial charge in [0.15, 0.2) is 5.65 Å². The number of nitrogens with zero attached hydrogens (tertiary/aromatic N) is 5. The van der Waals surface area contributed by atoms with Crippen LogP contribution in [0.3, 0.4) is 0 Å². The third kappa shape index (κ3) is 2.85. The molecule has 0 unspecified atom stereocenters. The monoisotopic (exact) mass is 399 g/mol. The van der Waals surface area contributed by atoms with Crippen molar-refractivity contribution in [3.63, 3.8) is 0 Å². The maximum atomic E-state index is 13.1. The fraction of sp³-hybridized carbons (Fsp3) is 0.421. The van der Waals surface area contributed by atoms with Gasteiger partial charge in [-0.15, -0.1) is 0 Å². The molecule has 0 amide bonds. The van der Waals surface area contributed by atoms with E-state index in [4.69, 9.17) is 4.74 Å². The van der Waals surface area contributed by atoms with E-state index < -0.39 is 10.0 Å². The van der Waals surface area contributed by atoms with Crippen molar-refractivity contribution in [2.75, 3.05) is 19.7 Å². The number of pyridine rings is 2. The first kappa shape index (κ1) is 17.6. The molecule has 8 nitrogen and oxygen atoms in total. The first-order valence-corrected chi connectivity index (χ1v) is 10.9. The minimum atomic E-state index is -3.54. The Morgan fingerprint density at radius 3 is 2.82 bits per heavy atom. The highest BCUT2D eigenvalue weighted by atomic mass is 32.2. The number of piperidine rings is 1. The van der Waals surface area contributed by atoms with Crippen LogP contribution in [0.15, 0.2) is 35.7 Å². The van der Waals surface area contributed by atoms with E-state index in [1.165, 1.54) is 17.3 Å². The molecular formula is C19H21N5O3S. The number of sulfonamides is 1. The second-order valence-electron chi connectivity index (χ2n) is 7.39. The summed E-state index contributed by atoms with van der Waals surface area (Å²) in [5, 5.41) is 4.22. The molecule has 1 fully saturated rings. The van der Waals surface area contributed by atoms with Crippen molar-refractivity contribution in [3.8, 4) is 5.88 Å². The second kappa shape index (κ2) is 6.52. The van der Waals surface area contributed by atoms with Crippen molar-refractivity contribution in [2.45, 2.75) is 37.0 Å². The van der Waals surface area contributed by atoms with Gasteiger partial charge in [0.05, 0.1) is 12.8 Å². The quantitative estimate of drug-likeness (QED) is 0.669. The van der Waals surface area contributed by atoms with E-state index in [1.54, 1.807) is 21.2 Å². The van der Waals surface area contributed by atoms with E-state index in [1.807, 2.05) is 12.3 Å². The van der Waals surface area contributed by atoms with Gasteiger partial charge >= 0.3 is 0 Å². The largest absolute Gasteiger partial charge is 0.477 e. The SMILES string of the molecule is Cc1cc2ncnn2cc1C1CCN(S(=O)(=O)c2cnc3c(c2)CCO3)CC1. The zero-order chi connectivity index (χ0) is 19.3. The second-order valence-corrected chi connectivity index (χ2v) is 9.32. The molecule has 0 saturated carbocycles. The highest BCUT2D eigenvalue weighted by molar-refractivity contribution is 7.89. The Bertz CT molecular complexity index is 1150. The lowest BCUT2D eigenvalue weighted by Gasteiger charge is -2.32. The third-order valence-corrected chi connectivity index (χ3v) is 7.57. The van der Waals surface area contributed by atoms with E-state index in [-0.39, 0.29) is 4.90 Å². The van der Waals surface area contributed by atoms with E-state index in [0.717, 1.165) is 24.1 Å². The molecule has 3 aromatic heterocycles. The summed E-state index contributed by atoms with van der Waals surface area (Å²) in [7, 11) is -3.54. The average Bonchev–Trinajstić information content (AvgIpc) is 3.35. The molecule has 5 heterocycles. The van der Waals surface area contributed by atoms with Gasteiger partial charge in [-0.2, -0.15) is 9.40 Å². The molecule has 5 rings (SSSR count). The summed E-state index contributed by atoms with van der Waals surface area (Å²) in [6.07, 6.45) is 7.25. The molecule has 9 heteroatoms. The van der Waals surface area contributed by atoms with Crippen LogP contribution in [0.1, 0.15) is 35.4 Å². The third-order valence-electron chi connectivity index (χ3n) is 5.71. The van der Waals surface area contributed by atoms with Crippen molar-refractivity contribution in [2.24, 2.45) is 0 Å². The molecular weight excluding hydrogens is 378 g/mol. The van der Waals surface area contributed by atoms with Crippen LogP contribution in [0.2, 0.25) is 0 Å². The van der Waals surface area contributed by atoms with Gasteiger partial charge in [-0.3, -0.25) is 0 Å². The van der Waals surface area contributed by atoms with Gasteiger partial charge in [-0.05, 0) is 48.9 Å². The molecule has 0 radical (unpaired) electrons. The Hall–Kier alpha value is -2.52. The summed E-state index contributed by atoms with van der Waals surface area (Å²) < 4.78 is 34.9. The molecule has 0 atom stereocenters. The van der Waals surface area contributed by atoms with E-state index in [2.05, 4.69) is 22.0 Å². The average molecular weight is 399 g/mol. The number of aromatic nitrogens is 4. The zero-order valence-corrected chi connectivity index (χ0v) is 16.4. The van der Waals surface area contributed by atoms with Crippen LogP contribution in [0.4, 0.5) is 0 Å². The Kier molecular flexibility index (Phi) is 4.09. The van der Waals surface area contributed by atoms with Crippen LogP contribution in [0.5, 0.6) is 5.88 Å². The van der Waals surface area contributed by atoms with Gasteiger partial charge in [-0.1, -0.05) is 0 Å². The van der Waals surface area contributed by atoms with Gasteiger partial charge in [0.2, 0.25) is 15.9 Å². The van der Waals surface area contributed by atoms with Gasteiger partial charge in [0.25, 0.3) is 0 Å². The van der Waals surface area contributed by atoms with Crippen LogP contribution < -0.4 is 4.74 Å². The van der Waals surface area contributed by atoms with Crippen LogP contribution in [-0.4, -0.2) is 52.0 Å². The van der Waals surface area contributed by atoms with Crippen LogP contribution in [0.25, 0.3) is 5.65 Å². The fourth-order valence-electron chi connectivity index (χ4n) is 4.14. The van der Waals surface area contributed by atoms with Crippen LogP contribution >= 0.6 is 0 Å². The highest BCUT2D eigenvalue weighted by Crippen LogP contribution is 2.33. The number of aryl methyl sites for hydroxylation is 1. The summed E-state index contributed by atoms with van der Waals surface area (Å²) >= 11 is 0. The summed E-state index contributed by atoms with van der Waals surface area (Å²) in [5.41, 5.74) is 4.08. The summed E-state index contributed by atoms with van der Waals surface area (Å²) in [4.78, 5) is 8.65. The molecule has 0 N–H and O–H groups in total. The minimum Gasteiger partial charge on any atom is -0.477 e. The maximum Gasteiger partial charge on any atom is 0.244 e. The highest BCUT2D eigenvalue weighted by Gasteiger charge is 2.32. The number of fused-ring (bicyclic) bond motifs is 2. The normalized spacial score (nSPS) is 18.3. The van der Waals surface area contributed by atoms with Gasteiger partial charge in [-0.25, -0.2) is 22.9 Å². The van der Waals surface area contributed by atoms with Crippen molar-refractivity contribution >= 4 is 15.7 Å². The number of hydrogen-bond acceptors (Lipinski definition) is 6. The lowest BCUT2D eigenvalue weighted by atomic mass is 9.89. The first-order chi connectivity index (χ1) is 13.5. The van der Waals surface area contributed by atoms with E-state index >= 15 is 0 Å². The Morgan fingerprint density at radius 1 is 1.18 bits per heavy atom. The number of hydrogen-bond donors (Lipinski definition) is 0. The number of rotatable bonds is 3. The summed E-state index contributed by atoms with van der Waals surface area (Å²) in [5.74, 6) is 0.864. The van der Waals surface area contributed by atoms with Crippen molar-refractivity contribution in [3.05, 3.63) is 47.5 Å². The molecule has 28 heavy (non-hydrogen) atoms. The number of ether oxygens (including phenoxy) is 1. The summed E-state index contributed by atoms with van der Waals surface area (Å²) in [6.45, 7) is 3.63. The van der Waals surface area contributed by atoms with Crippen LogP contribution in [-0.2, 0) is 16.4 Å². The Balaban J connectivity index is 1.35. The maximum absolute atomic E-state index is 13.1. The standard InChI is InChI=1S/C19H21N5O3S/c1-13-8-18-21-12-22-24(18)11-17(13)14-2-5-23(6-3-14)28(25,26)16-9-15-4-7-27-19(15)20-10-16/h8-12,14H,2-7H2,1H3. The lowest BCUT2D eigenvalue weighted by molar-refractivity contribution is 0.318. The lowest BCUT2D eigenvalue weighted by Crippen LogP contribution is -2.38. The predicted molar refractivity (Wildman–Crippen MR) is 102 cm³/mol. The van der Waals surface area contributed by atoms with Crippen molar-refractivity contribution in [1.29, 1.82) is 0 Å². The van der Waals surface area contributed by atoms with Gasteiger partial charge in [0.1, 0.15) is 11.2 Å². The van der Waals surface area contributed by atoms with Gasteiger partial charge < -0.3 is 4.74 Å². The molecule has 2 aliphatic heterocycles. The molecule has 3 aromatic rings. The molecule has 1 saturated heterocycles. The molecule has 0 aromatic carbocycles. The van der Waals surface area contributed by atoms with Gasteiger partial charge in [0, 0.05) is 31.3 Å². The fourth-order valence-corrected chi connectivity index (χ4v) is 5.61. The first-order valence-electron chi connectivity index (χ1n) is 9.44. The molecule has 0 spiro atoms.